The highest BCUT2D eigenvalue weighted by Crippen LogP contribution is 2.26. The fraction of sp³-hybridized carbons (Fsp3) is 0.200. The Bertz CT molecular complexity index is 770. The molecule has 0 aliphatic heterocycles. The highest BCUT2D eigenvalue weighted by molar-refractivity contribution is 7.95. The topological polar surface area (TPSA) is 34.1 Å². The molecule has 120 valence electrons. The van der Waals surface area contributed by atoms with Gasteiger partial charge < -0.3 is 0 Å². The van der Waals surface area contributed by atoms with Gasteiger partial charge in [0.15, 0.2) is 0 Å². The molecule has 0 atom stereocenters. The second-order valence-corrected chi connectivity index (χ2v) is 7.52. The minimum atomic E-state index is -3.47. The molecule has 0 heterocycles. The third-order valence-corrected chi connectivity index (χ3v) is 5.54. The number of hydrogen-bond donors (Lipinski definition) is 0. The number of hydrogen-bond acceptors (Lipinski definition) is 2. The van der Waals surface area contributed by atoms with Crippen LogP contribution in [0.15, 0.2) is 77.1 Å². The van der Waals surface area contributed by atoms with Gasteiger partial charge in [-0.05, 0) is 50.0 Å². The molecule has 0 saturated carbocycles. The van der Waals surface area contributed by atoms with Crippen molar-refractivity contribution in [1.82, 2.24) is 0 Å². The van der Waals surface area contributed by atoms with Crippen LogP contribution in [0.25, 0.3) is 6.08 Å². The molecule has 0 spiro atoms. The molecule has 2 nitrogen and oxygen atoms in total. The smallest absolute Gasteiger partial charge is 0.202 e. The fourth-order valence-electron chi connectivity index (χ4n) is 2.31. The SMILES string of the molecule is C=CCCC/C(=C\c1ccccc1)S(=O)(=O)c1ccc(C)cc1. The third kappa shape index (κ3) is 4.67. The van der Waals surface area contributed by atoms with E-state index in [2.05, 4.69) is 6.58 Å². The highest BCUT2D eigenvalue weighted by Gasteiger charge is 2.20. The van der Waals surface area contributed by atoms with Crippen molar-refractivity contribution in [1.29, 1.82) is 0 Å². The largest absolute Gasteiger partial charge is 0.219 e. The maximum atomic E-state index is 12.9. The lowest BCUT2D eigenvalue weighted by atomic mass is 10.1. The molecule has 0 aromatic heterocycles. The van der Waals surface area contributed by atoms with Crippen molar-refractivity contribution in [2.75, 3.05) is 0 Å². The van der Waals surface area contributed by atoms with Gasteiger partial charge in [-0.1, -0.05) is 54.1 Å². The molecule has 0 aliphatic carbocycles. The Hall–Kier alpha value is -2.13. The fourth-order valence-corrected chi connectivity index (χ4v) is 3.81. The van der Waals surface area contributed by atoms with E-state index in [4.69, 9.17) is 0 Å². The lowest BCUT2D eigenvalue weighted by Crippen LogP contribution is -2.05. The summed E-state index contributed by atoms with van der Waals surface area (Å²) >= 11 is 0. The summed E-state index contributed by atoms with van der Waals surface area (Å²) in [7, 11) is -3.47. The van der Waals surface area contributed by atoms with E-state index in [1.54, 1.807) is 18.2 Å². The quantitative estimate of drug-likeness (QED) is 0.520. The van der Waals surface area contributed by atoms with Crippen LogP contribution in [-0.4, -0.2) is 8.42 Å². The highest BCUT2D eigenvalue weighted by atomic mass is 32.2. The number of sulfone groups is 1. The van der Waals surface area contributed by atoms with Crippen LogP contribution in [0.4, 0.5) is 0 Å². The van der Waals surface area contributed by atoms with Crippen LogP contribution in [0.1, 0.15) is 30.4 Å². The van der Waals surface area contributed by atoms with Crippen molar-refractivity contribution in [3.05, 3.63) is 83.3 Å². The molecular formula is C20H22O2S. The summed E-state index contributed by atoms with van der Waals surface area (Å²) in [6.07, 6.45) is 5.68. The summed E-state index contributed by atoms with van der Waals surface area (Å²) in [5.74, 6) is 0. The van der Waals surface area contributed by atoms with Crippen LogP contribution in [0.3, 0.4) is 0 Å². The van der Waals surface area contributed by atoms with Crippen molar-refractivity contribution in [2.45, 2.75) is 31.1 Å². The normalized spacial score (nSPS) is 12.1. The van der Waals surface area contributed by atoms with Gasteiger partial charge in [0.05, 0.1) is 4.90 Å². The first-order valence-corrected chi connectivity index (χ1v) is 9.20. The Morgan fingerprint density at radius 1 is 1.04 bits per heavy atom. The summed E-state index contributed by atoms with van der Waals surface area (Å²) in [4.78, 5) is 0.804. The van der Waals surface area contributed by atoms with Gasteiger partial charge in [0.2, 0.25) is 9.84 Å². The molecule has 0 radical (unpaired) electrons. The minimum absolute atomic E-state index is 0.351. The lowest BCUT2D eigenvalue weighted by Gasteiger charge is -2.10. The number of rotatable bonds is 7. The molecule has 0 aliphatic rings. The summed E-state index contributed by atoms with van der Waals surface area (Å²) in [5, 5.41) is 0. The Kier molecular flexibility index (Phi) is 5.94. The van der Waals surface area contributed by atoms with E-state index in [0.717, 1.165) is 24.0 Å². The number of unbranched alkanes of at least 4 members (excludes halogenated alkanes) is 1. The van der Waals surface area contributed by atoms with E-state index in [1.165, 1.54) is 0 Å². The van der Waals surface area contributed by atoms with E-state index >= 15 is 0 Å². The first-order chi connectivity index (χ1) is 11.0. The maximum absolute atomic E-state index is 12.9. The van der Waals surface area contributed by atoms with Gasteiger partial charge in [0.25, 0.3) is 0 Å². The first kappa shape index (κ1) is 17.2. The standard InChI is InChI=1S/C20H22O2S/c1-3-4-6-11-20(16-18-9-7-5-8-10-18)23(21,22)19-14-12-17(2)13-15-19/h3,5,7-10,12-16H,1,4,6,11H2,2H3/b20-16+. The Balaban J connectivity index is 2.41. The molecule has 0 bridgehead atoms. The summed E-state index contributed by atoms with van der Waals surface area (Å²) in [5.41, 5.74) is 1.95. The summed E-state index contributed by atoms with van der Waals surface area (Å²) in [6.45, 7) is 5.65. The van der Waals surface area contributed by atoms with Crippen LogP contribution < -0.4 is 0 Å². The number of benzene rings is 2. The molecular weight excluding hydrogens is 304 g/mol. The van der Waals surface area contributed by atoms with E-state index in [9.17, 15) is 8.42 Å². The van der Waals surface area contributed by atoms with Gasteiger partial charge in [-0.3, -0.25) is 0 Å². The van der Waals surface area contributed by atoms with Crippen LogP contribution in [0, 0.1) is 6.92 Å². The molecule has 23 heavy (non-hydrogen) atoms. The zero-order valence-corrected chi connectivity index (χ0v) is 14.2. The molecule has 2 rings (SSSR count). The van der Waals surface area contributed by atoms with E-state index in [0.29, 0.717) is 16.2 Å². The van der Waals surface area contributed by atoms with Crippen molar-refractivity contribution in [3.63, 3.8) is 0 Å². The predicted octanol–water partition coefficient (Wildman–Crippen LogP) is 5.17. The molecule has 2 aromatic rings. The molecule has 3 heteroatoms. The molecule has 0 saturated heterocycles. The summed E-state index contributed by atoms with van der Waals surface area (Å²) in [6, 6.07) is 16.6. The monoisotopic (exact) mass is 326 g/mol. The van der Waals surface area contributed by atoms with Gasteiger partial charge >= 0.3 is 0 Å². The Labute approximate surface area is 139 Å². The number of allylic oxidation sites excluding steroid dienone is 2. The Morgan fingerprint density at radius 2 is 1.70 bits per heavy atom. The average molecular weight is 326 g/mol. The summed E-state index contributed by atoms with van der Waals surface area (Å²) < 4.78 is 25.9. The molecule has 0 unspecified atom stereocenters. The van der Waals surface area contributed by atoms with E-state index in [1.807, 2.05) is 55.5 Å². The second kappa shape index (κ2) is 7.93. The van der Waals surface area contributed by atoms with E-state index < -0.39 is 9.84 Å². The lowest BCUT2D eigenvalue weighted by molar-refractivity contribution is 0.599. The van der Waals surface area contributed by atoms with E-state index in [-0.39, 0.29) is 0 Å². The van der Waals surface area contributed by atoms with Crippen molar-refractivity contribution < 1.29 is 8.42 Å². The van der Waals surface area contributed by atoms with Gasteiger partial charge in [-0.25, -0.2) is 8.42 Å². The van der Waals surface area contributed by atoms with Gasteiger partial charge in [-0.2, -0.15) is 0 Å². The van der Waals surface area contributed by atoms with Crippen molar-refractivity contribution >= 4 is 15.9 Å². The zero-order chi connectivity index (χ0) is 16.7. The molecule has 0 N–H and O–H groups in total. The Morgan fingerprint density at radius 3 is 2.30 bits per heavy atom. The molecule has 0 fully saturated rings. The number of aryl methyl sites for hydroxylation is 1. The van der Waals surface area contributed by atoms with Crippen LogP contribution in [0.5, 0.6) is 0 Å². The van der Waals surface area contributed by atoms with Crippen molar-refractivity contribution in [3.8, 4) is 0 Å². The van der Waals surface area contributed by atoms with Gasteiger partial charge in [0.1, 0.15) is 0 Å². The van der Waals surface area contributed by atoms with Crippen LogP contribution >= 0.6 is 0 Å². The predicted molar refractivity (Wildman–Crippen MR) is 96.8 cm³/mol. The average Bonchev–Trinajstić information content (AvgIpc) is 2.55. The van der Waals surface area contributed by atoms with Crippen LogP contribution in [0.2, 0.25) is 0 Å². The second-order valence-electron chi connectivity index (χ2n) is 5.52. The maximum Gasteiger partial charge on any atom is 0.202 e. The van der Waals surface area contributed by atoms with Gasteiger partial charge in [-0.15, -0.1) is 6.58 Å². The first-order valence-electron chi connectivity index (χ1n) is 7.72. The molecule has 2 aromatic carbocycles. The van der Waals surface area contributed by atoms with Gasteiger partial charge in [0, 0.05) is 4.91 Å². The minimum Gasteiger partial charge on any atom is -0.219 e. The zero-order valence-electron chi connectivity index (χ0n) is 13.4. The molecule has 0 amide bonds. The van der Waals surface area contributed by atoms with Crippen LogP contribution in [-0.2, 0) is 9.84 Å². The van der Waals surface area contributed by atoms with Crippen molar-refractivity contribution in [2.24, 2.45) is 0 Å². The third-order valence-electron chi connectivity index (χ3n) is 3.64.